The first-order valence-corrected chi connectivity index (χ1v) is 7.80. The van der Waals surface area contributed by atoms with E-state index in [1.165, 1.54) is 18.3 Å². The summed E-state index contributed by atoms with van der Waals surface area (Å²) in [5.41, 5.74) is -0.604. The quantitative estimate of drug-likeness (QED) is 0.352. The molecule has 1 saturated heterocycles. The van der Waals surface area contributed by atoms with Crippen LogP contribution in [-0.2, 0) is 20.8 Å². The molecule has 3 atom stereocenters. The summed E-state index contributed by atoms with van der Waals surface area (Å²) in [6.45, 7) is 5.08. The van der Waals surface area contributed by atoms with Gasteiger partial charge in [-0.3, -0.25) is 9.59 Å². The van der Waals surface area contributed by atoms with Gasteiger partial charge in [-0.2, -0.15) is 0 Å². The Hall–Kier alpha value is -1.86. The normalized spacial score (nSPS) is 21.9. The van der Waals surface area contributed by atoms with E-state index in [0.29, 0.717) is 5.57 Å². The number of carboxylic acid groups (broad SMARTS) is 1. The van der Waals surface area contributed by atoms with Crippen LogP contribution in [-0.4, -0.2) is 45.4 Å². The molecule has 8 heteroatoms. The predicted molar refractivity (Wildman–Crippen MR) is 82.7 cm³/mol. The van der Waals surface area contributed by atoms with E-state index in [0.717, 1.165) is 9.78 Å². The second-order valence-corrected chi connectivity index (χ2v) is 6.49. The summed E-state index contributed by atoms with van der Waals surface area (Å²) in [7, 11) is 0. The minimum absolute atomic E-state index is 0.161. The fraction of sp³-hybridized carbons (Fsp3) is 0.357. The van der Waals surface area contributed by atoms with E-state index in [-0.39, 0.29) is 12.3 Å². The van der Waals surface area contributed by atoms with Crippen LogP contribution in [0.1, 0.15) is 11.8 Å². The van der Waals surface area contributed by atoms with Gasteiger partial charge in [-0.15, -0.1) is 11.3 Å². The van der Waals surface area contributed by atoms with E-state index in [2.05, 4.69) is 11.9 Å². The Morgan fingerprint density at radius 3 is 2.73 bits per heavy atom. The number of carboxylic acids is 1. The van der Waals surface area contributed by atoms with Gasteiger partial charge < -0.3 is 15.3 Å². The highest BCUT2D eigenvalue weighted by Crippen LogP contribution is 2.29. The highest BCUT2D eigenvalue weighted by Gasteiger charge is 2.52. The number of aliphatic carboxylic acids is 1. The number of alkyl halides is 1. The molecule has 2 amide bonds. The predicted octanol–water partition coefficient (Wildman–Crippen LogP) is 1.21. The van der Waals surface area contributed by atoms with Crippen molar-refractivity contribution in [1.82, 2.24) is 10.2 Å². The van der Waals surface area contributed by atoms with E-state index in [1.807, 2.05) is 17.5 Å². The number of hydrogen-bond acceptors (Lipinski definition) is 4. The monoisotopic (exact) mass is 342 g/mol. The highest BCUT2D eigenvalue weighted by molar-refractivity contribution is 7.10. The van der Waals surface area contributed by atoms with Crippen LogP contribution in [0.2, 0.25) is 0 Å². The van der Waals surface area contributed by atoms with Gasteiger partial charge in [0.1, 0.15) is 11.5 Å². The maximum atomic E-state index is 12.1. The van der Waals surface area contributed by atoms with Crippen LogP contribution in [0.4, 0.5) is 0 Å². The summed E-state index contributed by atoms with van der Waals surface area (Å²) in [4.78, 5) is 37.1. The number of β-lactam (4-membered cyclic amide) rings is 1. The molecule has 1 aliphatic rings. The van der Waals surface area contributed by atoms with Crippen LogP contribution in [0.5, 0.6) is 0 Å². The summed E-state index contributed by atoms with van der Waals surface area (Å²) >= 11 is 7.51. The topological polar surface area (TPSA) is 86.7 Å². The standard InChI is InChI=1S/C14H15ClN2O4S/c1-7(2)11(14(20)21)17-12(15)10(13(17)19)16-9(18)6-8-4-3-5-22-8/h3-5,10-12H,1,6H2,2H3,(H,16,18)(H,20,21). The van der Waals surface area contributed by atoms with Crippen LogP contribution in [0.25, 0.3) is 0 Å². The molecular formula is C14H15ClN2O4S. The fourth-order valence-corrected chi connectivity index (χ4v) is 3.32. The number of thiophene rings is 1. The smallest absolute Gasteiger partial charge is 0.330 e. The Morgan fingerprint density at radius 2 is 2.27 bits per heavy atom. The number of carbonyl (C=O) groups excluding carboxylic acids is 2. The third kappa shape index (κ3) is 3.15. The van der Waals surface area contributed by atoms with E-state index >= 15 is 0 Å². The molecule has 2 heterocycles. The largest absolute Gasteiger partial charge is 0.479 e. The zero-order valence-corrected chi connectivity index (χ0v) is 13.4. The van der Waals surface area contributed by atoms with Gasteiger partial charge in [0, 0.05) is 4.88 Å². The van der Waals surface area contributed by atoms with Crippen molar-refractivity contribution >= 4 is 40.7 Å². The average Bonchev–Trinajstić information content (AvgIpc) is 2.93. The van der Waals surface area contributed by atoms with Gasteiger partial charge in [-0.25, -0.2) is 4.79 Å². The van der Waals surface area contributed by atoms with Gasteiger partial charge in [0.15, 0.2) is 6.04 Å². The van der Waals surface area contributed by atoms with E-state index < -0.39 is 29.5 Å². The number of nitrogens with one attached hydrogen (secondary N) is 1. The van der Waals surface area contributed by atoms with Crippen molar-refractivity contribution in [2.75, 3.05) is 0 Å². The van der Waals surface area contributed by atoms with Gasteiger partial charge >= 0.3 is 5.97 Å². The molecule has 118 valence electrons. The number of likely N-dealkylation sites (tertiary alicyclic amines) is 1. The molecule has 0 radical (unpaired) electrons. The van der Waals surface area contributed by atoms with Gasteiger partial charge in [-0.1, -0.05) is 24.2 Å². The molecule has 0 aliphatic carbocycles. The van der Waals surface area contributed by atoms with Crippen molar-refractivity contribution in [3.63, 3.8) is 0 Å². The van der Waals surface area contributed by atoms with Crippen LogP contribution in [0.3, 0.4) is 0 Å². The lowest BCUT2D eigenvalue weighted by Gasteiger charge is -2.46. The van der Waals surface area contributed by atoms with E-state index in [9.17, 15) is 14.4 Å². The van der Waals surface area contributed by atoms with Crippen LogP contribution >= 0.6 is 22.9 Å². The summed E-state index contributed by atoms with van der Waals surface area (Å²) in [6.07, 6.45) is 0.161. The Bertz CT molecular complexity index is 602. The molecule has 1 aromatic rings. The van der Waals surface area contributed by atoms with Crippen LogP contribution in [0.15, 0.2) is 29.7 Å². The van der Waals surface area contributed by atoms with E-state index in [1.54, 1.807) is 0 Å². The number of carbonyl (C=O) groups is 3. The zero-order chi connectivity index (χ0) is 16.4. The molecule has 1 fully saturated rings. The molecule has 0 aromatic carbocycles. The number of amides is 2. The summed E-state index contributed by atoms with van der Waals surface area (Å²) in [6, 6.07) is 1.56. The first kappa shape index (κ1) is 16.5. The molecule has 3 unspecified atom stereocenters. The Morgan fingerprint density at radius 1 is 1.59 bits per heavy atom. The number of hydrogen-bond donors (Lipinski definition) is 2. The van der Waals surface area contributed by atoms with Gasteiger partial charge in [0.05, 0.1) is 6.42 Å². The van der Waals surface area contributed by atoms with Crippen LogP contribution in [0, 0.1) is 0 Å². The highest BCUT2D eigenvalue weighted by atomic mass is 35.5. The molecule has 22 heavy (non-hydrogen) atoms. The molecule has 1 aliphatic heterocycles. The fourth-order valence-electron chi connectivity index (χ4n) is 2.24. The summed E-state index contributed by atoms with van der Waals surface area (Å²) in [5, 5.41) is 13.5. The first-order chi connectivity index (χ1) is 10.3. The lowest BCUT2D eigenvalue weighted by atomic mass is 9.99. The molecule has 2 rings (SSSR count). The third-order valence-corrected chi connectivity index (χ3v) is 4.61. The maximum absolute atomic E-state index is 12.1. The van der Waals surface area contributed by atoms with Crippen molar-refractivity contribution in [3.05, 3.63) is 34.5 Å². The molecule has 2 N–H and O–H groups in total. The van der Waals surface area contributed by atoms with Crippen molar-refractivity contribution in [2.24, 2.45) is 0 Å². The number of rotatable bonds is 6. The second-order valence-electron chi connectivity index (χ2n) is 5.01. The molecule has 0 saturated carbocycles. The Kier molecular flexibility index (Phi) is 4.87. The second kappa shape index (κ2) is 6.50. The van der Waals surface area contributed by atoms with E-state index in [4.69, 9.17) is 16.7 Å². The van der Waals surface area contributed by atoms with Gasteiger partial charge in [0.2, 0.25) is 5.91 Å². The van der Waals surface area contributed by atoms with Crippen LogP contribution < -0.4 is 5.32 Å². The summed E-state index contributed by atoms with van der Waals surface area (Å²) < 4.78 is 0. The first-order valence-electron chi connectivity index (χ1n) is 6.49. The van der Waals surface area contributed by atoms with Crippen molar-refractivity contribution in [3.8, 4) is 0 Å². The van der Waals surface area contributed by atoms with Crippen molar-refractivity contribution in [2.45, 2.75) is 30.9 Å². The molecule has 0 spiro atoms. The SMILES string of the molecule is C=C(C)C(C(=O)O)N1C(=O)C(NC(=O)Cc2cccs2)C1Cl. The van der Waals surface area contributed by atoms with Crippen molar-refractivity contribution < 1.29 is 19.5 Å². The minimum Gasteiger partial charge on any atom is -0.479 e. The third-order valence-electron chi connectivity index (χ3n) is 3.27. The molecule has 6 nitrogen and oxygen atoms in total. The van der Waals surface area contributed by atoms with Gasteiger partial charge in [0.25, 0.3) is 5.91 Å². The lowest BCUT2D eigenvalue weighted by Crippen LogP contribution is -2.72. The number of halogens is 1. The van der Waals surface area contributed by atoms with Gasteiger partial charge in [-0.05, 0) is 23.9 Å². The Balaban J connectivity index is 1.98. The number of nitrogens with zero attached hydrogens (tertiary/aromatic N) is 1. The average molecular weight is 343 g/mol. The Labute approximate surface area is 136 Å². The van der Waals surface area contributed by atoms with Crippen molar-refractivity contribution in [1.29, 1.82) is 0 Å². The molecule has 0 bridgehead atoms. The molecular weight excluding hydrogens is 328 g/mol. The summed E-state index contributed by atoms with van der Waals surface area (Å²) in [5.74, 6) is -2.04. The molecule has 1 aromatic heterocycles. The maximum Gasteiger partial charge on any atom is 0.330 e. The lowest BCUT2D eigenvalue weighted by molar-refractivity contribution is -0.160. The zero-order valence-electron chi connectivity index (χ0n) is 11.8. The minimum atomic E-state index is -1.20.